The van der Waals surface area contributed by atoms with Crippen LogP contribution >= 0.6 is 0 Å². The van der Waals surface area contributed by atoms with Crippen LogP contribution < -0.4 is 5.32 Å². The summed E-state index contributed by atoms with van der Waals surface area (Å²) < 4.78 is 12.1. The van der Waals surface area contributed by atoms with Crippen LogP contribution in [0.4, 0.5) is 0 Å². The summed E-state index contributed by atoms with van der Waals surface area (Å²) in [5, 5.41) is 23.9. The molecule has 8 atom stereocenters. The lowest BCUT2D eigenvalue weighted by atomic mass is 9.86. The van der Waals surface area contributed by atoms with Gasteiger partial charge < -0.3 is 29.9 Å². The maximum Gasteiger partial charge on any atom is 0.351 e. The lowest BCUT2D eigenvalue weighted by Crippen LogP contribution is -2.58. The second-order valence-corrected chi connectivity index (χ2v) is 16.5. The first-order valence-electron chi connectivity index (χ1n) is 19.8. The number of hydrogen-bond acceptors (Lipinski definition) is 10. The Morgan fingerprint density at radius 1 is 0.782 bits per heavy atom. The second kappa shape index (κ2) is 22.2. The zero-order valence-electron chi connectivity index (χ0n) is 35.2. The third kappa shape index (κ3) is 15.1. The van der Waals surface area contributed by atoms with E-state index in [2.05, 4.69) is 5.32 Å². The SMILES string of the molecule is CC[C@H](C)[C@@H](C(=O)N(C)[C@H](C(=O)OC(CC(=O)[C@H](Cc1ccccc1)NC)(CC(C)O)C(=O)OC(C)(C)C)[C@@H](C)CCCC(C)O)N(C)Cc1ccccc1. The molecule has 0 saturated carbocycles. The number of aliphatic hydroxyl groups is 2. The quantitative estimate of drug-likeness (QED) is 0.120. The molecule has 1 amide bonds. The average molecular weight is 768 g/mol. The van der Waals surface area contributed by atoms with Crippen LogP contribution in [0.25, 0.3) is 0 Å². The van der Waals surface area contributed by atoms with E-state index >= 15 is 0 Å². The van der Waals surface area contributed by atoms with Crippen LogP contribution in [0.3, 0.4) is 0 Å². The Hall–Kier alpha value is -3.64. The Labute approximate surface area is 330 Å². The molecule has 0 radical (unpaired) electrons. The summed E-state index contributed by atoms with van der Waals surface area (Å²) in [5.41, 5.74) is -1.29. The molecule has 0 spiro atoms. The van der Waals surface area contributed by atoms with E-state index in [1.807, 2.05) is 93.4 Å². The Balaban J connectivity index is 2.66. The first-order chi connectivity index (χ1) is 25.7. The number of nitrogens with zero attached hydrogens (tertiary/aromatic N) is 2. The molecule has 308 valence electrons. The molecule has 55 heavy (non-hydrogen) atoms. The molecule has 0 bridgehead atoms. The maximum absolute atomic E-state index is 14.8. The van der Waals surface area contributed by atoms with Gasteiger partial charge in [-0.05, 0) is 90.9 Å². The molecule has 0 saturated heterocycles. The minimum Gasteiger partial charge on any atom is -0.457 e. The van der Waals surface area contributed by atoms with E-state index in [4.69, 9.17) is 9.47 Å². The number of esters is 2. The van der Waals surface area contributed by atoms with Gasteiger partial charge in [-0.1, -0.05) is 94.3 Å². The average Bonchev–Trinajstić information content (AvgIpc) is 3.10. The van der Waals surface area contributed by atoms with Gasteiger partial charge in [-0.2, -0.15) is 0 Å². The predicted molar refractivity (Wildman–Crippen MR) is 216 cm³/mol. The molecule has 0 fully saturated rings. The van der Waals surface area contributed by atoms with Gasteiger partial charge in [-0.3, -0.25) is 14.5 Å². The number of ether oxygens (including phenoxy) is 2. The minimum absolute atomic E-state index is 0.0808. The van der Waals surface area contributed by atoms with E-state index in [1.54, 1.807) is 41.8 Å². The van der Waals surface area contributed by atoms with Gasteiger partial charge in [0.15, 0.2) is 5.78 Å². The Morgan fingerprint density at radius 2 is 1.35 bits per heavy atom. The van der Waals surface area contributed by atoms with E-state index in [9.17, 15) is 29.4 Å². The molecule has 3 N–H and O–H groups in total. The van der Waals surface area contributed by atoms with Gasteiger partial charge in [-0.15, -0.1) is 0 Å². The number of carbonyl (C=O) groups is 4. The van der Waals surface area contributed by atoms with Gasteiger partial charge in [0.05, 0.1) is 30.7 Å². The number of amides is 1. The van der Waals surface area contributed by atoms with Crippen LogP contribution in [0.1, 0.15) is 105 Å². The van der Waals surface area contributed by atoms with Crippen LogP contribution in [0, 0.1) is 11.8 Å². The molecule has 0 aromatic heterocycles. The number of aliphatic hydroxyl groups excluding tert-OH is 2. The smallest absolute Gasteiger partial charge is 0.351 e. The van der Waals surface area contributed by atoms with Crippen LogP contribution in [0.2, 0.25) is 0 Å². The molecular weight excluding hydrogens is 698 g/mol. The van der Waals surface area contributed by atoms with Crippen LogP contribution in [0.5, 0.6) is 0 Å². The Morgan fingerprint density at radius 3 is 1.84 bits per heavy atom. The zero-order chi connectivity index (χ0) is 41.5. The van der Waals surface area contributed by atoms with Crippen molar-refractivity contribution in [1.29, 1.82) is 0 Å². The van der Waals surface area contributed by atoms with Crippen molar-refractivity contribution in [2.24, 2.45) is 11.8 Å². The van der Waals surface area contributed by atoms with Crippen molar-refractivity contribution < 1.29 is 38.9 Å². The summed E-state index contributed by atoms with van der Waals surface area (Å²) in [5.74, 6) is -3.08. The first kappa shape index (κ1) is 47.5. The van der Waals surface area contributed by atoms with E-state index in [0.717, 1.165) is 11.1 Å². The molecule has 2 rings (SSSR count). The summed E-state index contributed by atoms with van der Waals surface area (Å²) in [6.07, 6.45) is -0.143. The molecule has 0 heterocycles. The number of rotatable bonds is 23. The minimum atomic E-state index is -2.21. The summed E-state index contributed by atoms with van der Waals surface area (Å²) in [7, 11) is 5.12. The van der Waals surface area contributed by atoms with Gasteiger partial charge in [0.2, 0.25) is 11.5 Å². The molecule has 11 heteroatoms. The fourth-order valence-corrected chi connectivity index (χ4v) is 7.15. The second-order valence-electron chi connectivity index (χ2n) is 16.5. The van der Waals surface area contributed by atoms with Crippen molar-refractivity contribution in [2.75, 3.05) is 21.1 Å². The van der Waals surface area contributed by atoms with Crippen LogP contribution in [0.15, 0.2) is 60.7 Å². The fraction of sp³-hybridized carbons (Fsp3) is 0.636. The van der Waals surface area contributed by atoms with E-state index in [1.165, 1.54) is 11.8 Å². The van der Waals surface area contributed by atoms with Crippen molar-refractivity contribution in [3.63, 3.8) is 0 Å². The topological polar surface area (TPSA) is 146 Å². The molecule has 11 nitrogen and oxygen atoms in total. The number of carbonyl (C=O) groups excluding carboxylic acids is 4. The molecule has 2 aromatic carbocycles. The zero-order valence-corrected chi connectivity index (χ0v) is 35.2. The normalized spacial score (nSPS) is 16.8. The number of nitrogens with one attached hydrogen (secondary N) is 1. The lowest BCUT2D eigenvalue weighted by molar-refractivity contribution is -0.199. The largest absolute Gasteiger partial charge is 0.457 e. The molecule has 2 aromatic rings. The van der Waals surface area contributed by atoms with Gasteiger partial charge in [0, 0.05) is 20.0 Å². The highest BCUT2D eigenvalue weighted by atomic mass is 16.6. The van der Waals surface area contributed by atoms with E-state index in [-0.39, 0.29) is 11.8 Å². The molecule has 0 aliphatic carbocycles. The highest BCUT2D eigenvalue weighted by Gasteiger charge is 2.51. The highest BCUT2D eigenvalue weighted by molar-refractivity contribution is 5.95. The van der Waals surface area contributed by atoms with Gasteiger partial charge >= 0.3 is 11.9 Å². The van der Waals surface area contributed by atoms with Crippen molar-refractivity contribution in [3.05, 3.63) is 71.8 Å². The molecular formula is C44H69N3O8. The summed E-state index contributed by atoms with van der Waals surface area (Å²) in [6.45, 7) is 14.6. The summed E-state index contributed by atoms with van der Waals surface area (Å²) in [6, 6.07) is 16.7. The lowest BCUT2D eigenvalue weighted by Gasteiger charge is -2.40. The third-order valence-corrected chi connectivity index (χ3v) is 10.2. The maximum atomic E-state index is 14.8. The van der Waals surface area contributed by atoms with Crippen molar-refractivity contribution in [2.45, 2.75) is 148 Å². The van der Waals surface area contributed by atoms with Crippen molar-refractivity contribution in [3.8, 4) is 0 Å². The van der Waals surface area contributed by atoms with Crippen molar-refractivity contribution in [1.82, 2.24) is 15.1 Å². The first-order valence-corrected chi connectivity index (χ1v) is 19.8. The van der Waals surface area contributed by atoms with E-state index in [0.29, 0.717) is 38.6 Å². The highest BCUT2D eigenvalue weighted by Crippen LogP contribution is 2.32. The van der Waals surface area contributed by atoms with Crippen LogP contribution in [-0.2, 0) is 41.6 Å². The Bertz CT molecular complexity index is 1480. The summed E-state index contributed by atoms with van der Waals surface area (Å²) >= 11 is 0. The standard InChI is InChI=1S/C44H69N3O8/c1-12-30(2)38(46(10)29-35-24-17-14-18-25-35)40(51)47(11)39(31(3)20-19-21-32(4)48)41(52)54-44(27-33(5)49,42(53)55-43(6,7)8)28-37(50)36(45-9)26-34-22-15-13-16-23-34/h13-18,22-25,30-33,36,38-39,45,48-49H,12,19-21,26-29H2,1-11H3/t30-,31-,32?,33?,36-,38-,39-,44?/m0/s1. The molecule has 0 aliphatic rings. The monoisotopic (exact) mass is 768 g/mol. The number of ketones is 1. The fourth-order valence-electron chi connectivity index (χ4n) is 7.15. The molecule has 0 aliphatic heterocycles. The third-order valence-electron chi connectivity index (χ3n) is 10.2. The van der Waals surface area contributed by atoms with E-state index < -0.39 is 78.0 Å². The number of benzene rings is 2. The Kier molecular flexibility index (Phi) is 19.2. The van der Waals surface area contributed by atoms with Gasteiger partial charge in [0.25, 0.3) is 0 Å². The van der Waals surface area contributed by atoms with Gasteiger partial charge in [-0.25, -0.2) is 9.59 Å². The number of likely N-dealkylation sites (N-methyl/N-ethyl adjacent to an activating group) is 3. The number of hydrogen-bond donors (Lipinski definition) is 3. The van der Waals surface area contributed by atoms with Gasteiger partial charge in [0.1, 0.15) is 11.6 Å². The predicted octanol–water partition coefficient (Wildman–Crippen LogP) is 5.73. The summed E-state index contributed by atoms with van der Waals surface area (Å²) in [4.78, 5) is 61.4. The van der Waals surface area contributed by atoms with Crippen LogP contribution in [-0.4, -0.2) is 106 Å². The molecule has 3 unspecified atom stereocenters. The van der Waals surface area contributed by atoms with Crippen molar-refractivity contribution >= 4 is 23.6 Å². The number of Topliss-reactive ketones (excluding diaryl/α,β-unsaturated/α-hetero) is 1.